The van der Waals surface area contributed by atoms with Crippen LogP contribution < -0.4 is 16.4 Å². The highest BCUT2D eigenvalue weighted by molar-refractivity contribution is 6.06. The van der Waals surface area contributed by atoms with Crippen molar-refractivity contribution in [2.75, 3.05) is 6.54 Å². The van der Waals surface area contributed by atoms with Crippen LogP contribution in [0.15, 0.2) is 28.8 Å². The van der Waals surface area contributed by atoms with Crippen LogP contribution in [0.5, 0.6) is 0 Å². The lowest BCUT2D eigenvalue weighted by molar-refractivity contribution is -0.125. The number of nitriles is 1. The molecule has 1 unspecified atom stereocenters. The molecule has 36 heavy (non-hydrogen) atoms. The molecule has 0 saturated heterocycles. The van der Waals surface area contributed by atoms with E-state index in [4.69, 9.17) is 15.5 Å². The molecule has 0 aliphatic carbocycles. The van der Waals surface area contributed by atoms with Gasteiger partial charge in [-0.2, -0.15) is 15.3 Å². The highest BCUT2D eigenvalue weighted by Gasteiger charge is 2.34. The predicted molar refractivity (Wildman–Crippen MR) is 129 cm³/mol. The highest BCUT2D eigenvalue weighted by Crippen LogP contribution is 2.23. The van der Waals surface area contributed by atoms with Gasteiger partial charge >= 0.3 is 11.8 Å². The van der Waals surface area contributed by atoms with Crippen molar-refractivity contribution in [3.05, 3.63) is 41.7 Å². The molecule has 0 fully saturated rings. The first-order chi connectivity index (χ1) is 17.1. The number of benzene rings is 1. The second kappa shape index (κ2) is 11.4. The van der Waals surface area contributed by atoms with Crippen LogP contribution >= 0.6 is 0 Å². The van der Waals surface area contributed by atoms with E-state index in [2.05, 4.69) is 31.9 Å². The SMILES string of the molecule is CC(C)(C)C(NC(=O)c1nn(CCCCC#N)c2ccccc12)C(=O)NCCc1noc(C(N)=O)n1. The summed E-state index contributed by atoms with van der Waals surface area (Å²) >= 11 is 0. The summed E-state index contributed by atoms with van der Waals surface area (Å²) in [7, 11) is 0. The molecule has 3 rings (SSSR count). The lowest BCUT2D eigenvalue weighted by Crippen LogP contribution is -2.54. The Bertz CT molecular complexity index is 1280. The summed E-state index contributed by atoms with van der Waals surface area (Å²) in [6.07, 6.45) is 2.18. The fourth-order valence-electron chi connectivity index (χ4n) is 3.66. The van der Waals surface area contributed by atoms with E-state index in [9.17, 15) is 14.4 Å². The largest absolute Gasteiger partial charge is 0.361 e. The van der Waals surface area contributed by atoms with Gasteiger partial charge in [0.25, 0.3) is 5.91 Å². The summed E-state index contributed by atoms with van der Waals surface area (Å²) in [4.78, 5) is 41.2. The minimum absolute atomic E-state index is 0.166. The lowest BCUT2D eigenvalue weighted by atomic mass is 9.86. The van der Waals surface area contributed by atoms with Gasteiger partial charge in [-0.15, -0.1) is 0 Å². The van der Waals surface area contributed by atoms with E-state index >= 15 is 0 Å². The molecule has 2 aromatic heterocycles. The van der Waals surface area contributed by atoms with Crippen molar-refractivity contribution in [1.82, 2.24) is 30.6 Å². The van der Waals surface area contributed by atoms with Gasteiger partial charge in [-0.05, 0) is 24.3 Å². The van der Waals surface area contributed by atoms with Gasteiger partial charge in [0, 0.05) is 31.3 Å². The van der Waals surface area contributed by atoms with Crippen molar-refractivity contribution in [2.24, 2.45) is 11.1 Å². The number of carbonyl (C=O) groups is 3. The molecule has 0 saturated carbocycles. The van der Waals surface area contributed by atoms with Crippen LogP contribution in [0.2, 0.25) is 0 Å². The van der Waals surface area contributed by atoms with Gasteiger partial charge in [0.05, 0.1) is 11.6 Å². The summed E-state index contributed by atoms with van der Waals surface area (Å²) in [6, 6.07) is 8.69. The van der Waals surface area contributed by atoms with Gasteiger partial charge in [-0.3, -0.25) is 19.1 Å². The van der Waals surface area contributed by atoms with Gasteiger partial charge < -0.3 is 20.9 Å². The second-order valence-electron chi connectivity index (χ2n) is 9.40. The number of para-hydroxylation sites is 1. The van der Waals surface area contributed by atoms with Crippen molar-refractivity contribution < 1.29 is 18.9 Å². The number of carbonyl (C=O) groups excluding carboxylic acids is 3. The Morgan fingerprint density at radius 2 is 1.97 bits per heavy atom. The number of amides is 3. The molecular weight excluding hydrogens is 464 g/mol. The maximum Gasteiger partial charge on any atom is 0.315 e. The zero-order valence-corrected chi connectivity index (χ0v) is 20.6. The van der Waals surface area contributed by atoms with Crippen molar-refractivity contribution >= 4 is 28.6 Å². The first kappa shape index (κ1) is 26.3. The maximum absolute atomic E-state index is 13.3. The Labute approximate surface area is 208 Å². The number of hydrogen-bond donors (Lipinski definition) is 3. The fraction of sp³-hybridized carbons (Fsp3) is 0.458. The van der Waals surface area contributed by atoms with E-state index in [0.29, 0.717) is 18.4 Å². The Morgan fingerprint density at radius 1 is 1.22 bits per heavy atom. The molecule has 190 valence electrons. The smallest absolute Gasteiger partial charge is 0.315 e. The van der Waals surface area contributed by atoms with Crippen molar-refractivity contribution in [2.45, 2.75) is 59.0 Å². The van der Waals surface area contributed by atoms with Crippen LogP contribution in [-0.2, 0) is 17.8 Å². The molecule has 4 N–H and O–H groups in total. The van der Waals surface area contributed by atoms with Crippen LogP contribution in [0.3, 0.4) is 0 Å². The van der Waals surface area contributed by atoms with Crippen LogP contribution in [0.25, 0.3) is 10.9 Å². The Morgan fingerprint density at radius 3 is 2.64 bits per heavy atom. The third-order valence-corrected chi connectivity index (χ3v) is 5.51. The third-order valence-electron chi connectivity index (χ3n) is 5.51. The second-order valence-corrected chi connectivity index (χ2v) is 9.40. The molecule has 12 heteroatoms. The van der Waals surface area contributed by atoms with Crippen molar-refractivity contribution in [3.63, 3.8) is 0 Å². The van der Waals surface area contributed by atoms with Crippen molar-refractivity contribution in [1.29, 1.82) is 5.26 Å². The van der Waals surface area contributed by atoms with Crippen LogP contribution in [0.4, 0.5) is 0 Å². The van der Waals surface area contributed by atoms with Crippen LogP contribution in [0, 0.1) is 16.7 Å². The Balaban J connectivity index is 1.70. The number of primary amides is 1. The van der Waals surface area contributed by atoms with Gasteiger partial charge in [0.1, 0.15) is 6.04 Å². The highest BCUT2D eigenvalue weighted by atomic mass is 16.5. The van der Waals surface area contributed by atoms with E-state index in [-0.39, 0.29) is 36.3 Å². The van der Waals surface area contributed by atoms with E-state index < -0.39 is 23.3 Å². The maximum atomic E-state index is 13.3. The number of unbranched alkanes of at least 4 members (excludes halogenated alkanes) is 2. The number of nitrogens with one attached hydrogen (secondary N) is 2. The monoisotopic (exact) mass is 494 g/mol. The molecule has 0 aliphatic heterocycles. The number of fused-ring (bicyclic) bond motifs is 1. The number of nitrogens with zero attached hydrogens (tertiary/aromatic N) is 5. The average Bonchev–Trinajstić information content (AvgIpc) is 3.45. The first-order valence-corrected chi connectivity index (χ1v) is 11.6. The zero-order chi connectivity index (χ0) is 26.3. The zero-order valence-electron chi connectivity index (χ0n) is 20.6. The van der Waals surface area contributed by atoms with E-state index in [0.717, 1.165) is 18.4 Å². The first-order valence-electron chi connectivity index (χ1n) is 11.6. The standard InChI is InChI=1S/C24H30N8O4/c1-24(2,3)19(22(35)27-13-11-17-28-23(20(26)33)36-31-17)29-21(34)18-15-9-5-6-10-16(15)32(30-18)14-8-4-7-12-25/h5-6,9-10,19H,4,7-8,11,13-14H2,1-3H3,(H2,26,33)(H,27,35)(H,29,34). The van der Waals surface area contributed by atoms with E-state index in [1.165, 1.54) is 0 Å². The number of nitrogens with two attached hydrogens (primary N) is 1. The number of aromatic nitrogens is 4. The molecule has 12 nitrogen and oxygen atoms in total. The molecule has 3 amide bonds. The summed E-state index contributed by atoms with van der Waals surface area (Å²) in [6.45, 7) is 6.29. The molecule has 1 atom stereocenters. The molecule has 1 aromatic carbocycles. The lowest BCUT2D eigenvalue weighted by Gasteiger charge is -2.30. The molecule has 0 aliphatic rings. The summed E-state index contributed by atoms with van der Waals surface area (Å²) in [5.74, 6) is -1.73. The number of aryl methyl sites for hydroxylation is 1. The van der Waals surface area contributed by atoms with Crippen LogP contribution in [0.1, 0.15) is 67.0 Å². The summed E-state index contributed by atoms with van der Waals surface area (Å²) < 4.78 is 6.50. The molecule has 3 aromatic rings. The minimum atomic E-state index is -0.851. The third kappa shape index (κ3) is 6.44. The molecule has 0 bridgehead atoms. The van der Waals surface area contributed by atoms with Gasteiger partial charge in [-0.1, -0.05) is 44.1 Å². The van der Waals surface area contributed by atoms with E-state index in [1.807, 2.05) is 45.0 Å². The average molecular weight is 495 g/mol. The number of hydrogen-bond acceptors (Lipinski definition) is 8. The number of rotatable bonds is 11. The summed E-state index contributed by atoms with van der Waals surface area (Å²) in [5, 5.41) is 23.2. The Hall–Kier alpha value is -4.27. The quantitative estimate of drug-likeness (QED) is 0.337. The molecular formula is C24H30N8O4. The van der Waals surface area contributed by atoms with Gasteiger partial charge in [0.2, 0.25) is 5.91 Å². The molecule has 2 heterocycles. The van der Waals surface area contributed by atoms with Gasteiger partial charge in [-0.25, -0.2) is 0 Å². The Kier molecular flexibility index (Phi) is 8.37. The topological polar surface area (TPSA) is 182 Å². The normalized spacial score (nSPS) is 12.2. The van der Waals surface area contributed by atoms with Crippen LogP contribution in [-0.4, -0.2) is 50.2 Å². The predicted octanol–water partition coefficient (Wildman–Crippen LogP) is 1.72. The van der Waals surface area contributed by atoms with Gasteiger partial charge in [0.15, 0.2) is 11.5 Å². The molecule has 0 spiro atoms. The van der Waals surface area contributed by atoms with E-state index in [1.54, 1.807) is 4.68 Å². The fourth-order valence-corrected chi connectivity index (χ4v) is 3.66. The summed E-state index contributed by atoms with van der Waals surface area (Å²) in [5.41, 5.74) is 5.54. The molecule has 0 radical (unpaired) electrons. The minimum Gasteiger partial charge on any atom is -0.361 e. The van der Waals surface area contributed by atoms with Crippen molar-refractivity contribution in [3.8, 4) is 6.07 Å².